The van der Waals surface area contributed by atoms with Crippen LogP contribution in [0.25, 0.3) is 0 Å². The lowest BCUT2D eigenvalue weighted by atomic mass is 10.7. The van der Waals surface area contributed by atoms with Crippen molar-refractivity contribution < 1.29 is 4.79 Å². The number of aliphatic imine (C=N–C) groups is 1. The average Bonchev–Trinajstić information content (AvgIpc) is 1.61. The second-order valence-electron chi connectivity index (χ2n) is 0.660. The third-order valence-corrected chi connectivity index (χ3v) is 0.270. The second-order valence-corrected chi connectivity index (χ2v) is 0.660. The van der Waals surface area contributed by atoms with Crippen LogP contribution in [0.5, 0.6) is 0 Å². The molecule has 0 saturated heterocycles. The maximum absolute atomic E-state index is 9.39. The fourth-order valence-corrected chi connectivity index (χ4v) is 0.0960. The molecule has 0 spiro atoms. The first-order valence-electron chi connectivity index (χ1n) is 1.48. The molecule has 0 atom stereocenters. The van der Waals surface area contributed by atoms with Crippen LogP contribution in [0.2, 0.25) is 0 Å². The van der Waals surface area contributed by atoms with Gasteiger partial charge in [-0.3, -0.25) is 9.79 Å². The van der Waals surface area contributed by atoms with Gasteiger partial charge in [-0.2, -0.15) is 0 Å². The van der Waals surface area contributed by atoms with E-state index in [0.717, 1.165) is 0 Å². The van der Waals surface area contributed by atoms with Crippen molar-refractivity contribution in [1.29, 1.82) is 0 Å². The van der Waals surface area contributed by atoms with Crippen molar-refractivity contribution >= 4 is 13.0 Å². The molecule has 0 bridgehead atoms. The zero-order valence-electron chi connectivity index (χ0n) is 3.29. The maximum atomic E-state index is 9.39. The van der Waals surface area contributed by atoms with E-state index in [0.29, 0.717) is 6.29 Å². The van der Waals surface area contributed by atoms with Crippen molar-refractivity contribution in [2.24, 2.45) is 4.99 Å². The Labute approximate surface area is 36.2 Å². The van der Waals surface area contributed by atoms with Gasteiger partial charge in [-0.05, 0) is 12.8 Å². The zero-order valence-corrected chi connectivity index (χ0v) is 3.29. The van der Waals surface area contributed by atoms with Gasteiger partial charge in [-0.25, -0.2) is 0 Å². The molecule has 0 aliphatic carbocycles. The van der Waals surface area contributed by atoms with E-state index in [1.54, 1.807) is 0 Å². The van der Waals surface area contributed by atoms with Gasteiger partial charge >= 0.3 is 0 Å². The summed E-state index contributed by atoms with van der Waals surface area (Å²) in [5.74, 6) is 0. The van der Waals surface area contributed by atoms with Crippen molar-refractivity contribution in [1.82, 2.24) is 0 Å². The van der Waals surface area contributed by atoms with Crippen LogP contribution in [-0.4, -0.2) is 13.0 Å². The van der Waals surface area contributed by atoms with Gasteiger partial charge in [0.25, 0.3) is 0 Å². The van der Waals surface area contributed by atoms with Crippen LogP contribution < -0.4 is 0 Å². The van der Waals surface area contributed by atoms with Crippen LogP contribution >= 0.6 is 0 Å². The van der Waals surface area contributed by atoms with Gasteiger partial charge in [0.2, 0.25) is 0 Å². The van der Waals surface area contributed by atoms with Crippen LogP contribution in [0.4, 0.5) is 0 Å². The normalized spacial score (nSPS) is 8.67. The van der Waals surface area contributed by atoms with Gasteiger partial charge in [-0.15, -0.1) is 0 Å². The number of nitrogens with zero attached hydrogens (tertiary/aromatic N) is 1. The van der Waals surface area contributed by atoms with Crippen molar-refractivity contribution in [2.75, 3.05) is 0 Å². The van der Waals surface area contributed by atoms with Gasteiger partial charge in [0, 0.05) is 6.20 Å². The highest BCUT2D eigenvalue weighted by molar-refractivity contribution is 5.64. The third kappa shape index (κ3) is 3.08. The molecule has 0 aliphatic rings. The number of carbonyl (C=O) groups excluding carboxylic acids is 1. The van der Waals surface area contributed by atoms with E-state index in [2.05, 4.69) is 11.7 Å². The molecule has 2 heteroatoms. The minimum atomic E-state index is 0.648. The number of aldehydes is 1. The molecule has 0 amide bonds. The molecule has 0 heterocycles. The number of hydrogen-bond acceptors (Lipinski definition) is 2. The van der Waals surface area contributed by atoms with Crippen LogP contribution in [0, 0.1) is 0 Å². The van der Waals surface area contributed by atoms with Crippen molar-refractivity contribution in [3.05, 3.63) is 12.3 Å². The molecule has 0 radical (unpaired) electrons. The predicted molar refractivity (Wildman–Crippen MR) is 24.8 cm³/mol. The highest BCUT2D eigenvalue weighted by Gasteiger charge is 1.52. The Balaban J connectivity index is 3.17. The molecule has 0 aromatic rings. The fourth-order valence-electron chi connectivity index (χ4n) is 0.0960. The monoisotopic (exact) mass is 83.0 g/mol. The molecule has 0 saturated carbocycles. The Bertz CT molecular complexity index is 65.6. The van der Waals surface area contributed by atoms with E-state index >= 15 is 0 Å². The Morgan fingerprint density at radius 3 is 2.50 bits per heavy atom. The standard InChI is InChI=1S/C4H5NO/c1-5-3-2-4-6/h2-4H,1H2. The quantitative estimate of drug-likeness (QED) is 0.270. The summed E-state index contributed by atoms with van der Waals surface area (Å²) in [6.07, 6.45) is 3.24. The molecule has 0 fully saturated rings. The lowest BCUT2D eigenvalue weighted by molar-refractivity contribution is -0.104. The molecule has 32 valence electrons. The molecule has 0 unspecified atom stereocenters. The number of allylic oxidation sites excluding steroid dienone is 1. The minimum absolute atomic E-state index is 0.648. The van der Waals surface area contributed by atoms with Crippen molar-refractivity contribution in [3.63, 3.8) is 0 Å². The van der Waals surface area contributed by atoms with Gasteiger partial charge < -0.3 is 0 Å². The molecule has 0 aliphatic heterocycles. The molecule has 0 rings (SSSR count). The molecular formula is C4H5NO. The molecule has 0 aromatic carbocycles. The second kappa shape index (κ2) is 4.08. The maximum Gasteiger partial charge on any atom is 0.144 e. The predicted octanol–water partition coefficient (Wildman–Crippen LogP) is 0.400. The molecular weight excluding hydrogens is 78.0 g/mol. The van der Waals surface area contributed by atoms with Gasteiger partial charge in [0.05, 0.1) is 0 Å². The van der Waals surface area contributed by atoms with Crippen LogP contribution in [0.1, 0.15) is 0 Å². The Morgan fingerprint density at radius 1 is 1.67 bits per heavy atom. The summed E-state index contributed by atoms with van der Waals surface area (Å²) >= 11 is 0. The summed E-state index contributed by atoms with van der Waals surface area (Å²) in [5.41, 5.74) is 0. The molecule has 2 nitrogen and oxygen atoms in total. The first-order chi connectivity index (χ1) is 2.91. The van der Waals surface area contributed by atoms with Crippen LogP contribution in [0.15, 0.2) is 17.3 Å². The lowest BCUT2D eigenvalue weighted by Crippen LogP contribution is -1.52. The van der Waals surface area contributed by atoms with Crippen LogP contribution in [-0.2, 0) is 4.79 Å². The highest BCUT2D eigenvalue weighted by Crippen LogP contribution is 1.61. The summed E-state index contributed by atoms with van der Waals surface area (Å²) < 4.78 is 0. The largest absolute Gasteiger partial charge is 0.299 e. The van der Waals surface area contributed by atoms with Gasteiger partial charge in [0.15, 0.2) is 0 Å². The lowest BCUT2D eigenvalue weighted by Gasteiger charge is -1.58. The third-order valence-electron chi connectivity index (χ3n) is 0.270. The van der Waals surface area contributed by atoms with E-state index in [1.807, 2.05) is 0 Å². The van der Waals surface area contributed by atoms with Gasteiger partial charge in [0.1, 0.15) is 6.29 Å². The number of rotatable bonds is 2. The van der Waals surface area contributed by atoms with Crippen LogP contribution in [0.3, 0.4) is 0 Å². The zero-order chi connectivity index (χ0) is 4.83. The molecule has 0 N–H and O–H groups in total. The summed E-state index contributed by atoms with van der Waals surface area (Å²) in [5, 5.41) is 0. The Hall–Kier alpha value is -0.920. The van der Waals surface area contributed by atoms with Crippen molar-refractivity contribution in [3.8, 4) is 0 Å². The van der Waals surface area contributed by atoms with Gasteiger partial charge in [-0.1, -0.05) is 0 Å². The van der Waals surface area contributed by atoms with E-state index in [1.165, 1.54) is 12.3 Å². The molecule has 0 aromatic heterocycles. The van der Waals surface area contributed by atoms with Crippen molar-refractivity contribution in [2.45, 2.75) is 0 Å². The fraction of sp³-hybridized carbons (Fsp3) is 0. The smallest absolute Gasteiger partial charge is 0.144 e. The Kier molecular flexibility index (Phi) is 3.45. The van der Waals surface area contributed by atoms with E-state index in [-0.39, 0.29) is 0 Å². The Morgan fingerprint density at radius 2 is 2.33 bits per heavy atom. The summed E-state index contributed by atoms with van der Waals surface area (Å²) in [6, 6.07) is 0. The molecule has 6 heavy (non-hydrogen) atoms. The first-order valence-corrected chi connectivity index (χ1v) is 1.48. The summed E-state index contributed by atoms with van der Waals surface area (Å²) in [7, 11) is 0. The first kappa shape index (κ1) is 5.08. The van der Waals surface area contributed by atoms with E-state index in [4.69, 9.17) is 0 Å². The average molecular weight is 83.1 g/mol. The van der Waals surface area contributed by atoms with E-state index < -0.39 is 0 Å². The summed E-state index contributed by atoms with van der Waals surface area (Å²) in [6.45, 7) is 3.10. The highest BCUT2D eigenvalue weighted by atomic mass is 16.1. The van der Waals surface area contributed by atoms with E-state index in [9.17, 15) is 4.79 Å². The number of carbonyl (C=O) groups is 1. The number of hydrogen-bond donors (Lipinski definition) is 0. The topological polar surface area (TPSA) is 29.4 Å². The summed E-state index contributed by atoms with van der Waals surface area (Å²) in [4.78, 5) is 12.7. The SMILES string of the molecule is C=NC=CC=O. The minimum Gasteiger partial charge on any atom is -0.299 e.